The predicted octanol–water partition coefficient (Wildman–Crippen LogP) is 4.96. The van der Waals surface area contributed by atoms with Gasteiger partial charge in [-0.15, -0.1) is 0 Å². The first-order valence-corrected chi connectivity index (χ1v) is 14.5. The molecule has 6 rings (SSSR count). The van der Waals surface area contributed by atoms with E-state index in [4.69, 9.17) is 4.65 Å². The Labute approximate surface area is 209 Å². The molecule has 34 heavy (non-hydrogen) atoms. The summed E-state index contributed by atoms with van der Waals surface area (Å²) in [5.41, 5.74) is 0.0759. The summed E-state index contributed by atoms with van der Waals surface area (Å²) >= 11 is 0. The van der Waals surface area contributed by atoms with E-state index in [0.29, 0.717) is 34.5 Å². The largest absolute Gasteiger partial charge is 0.431 e. The van der Waals surface area contributed by atoms with Crippen LogP contribution in [0, 0.1) is 40.4 Å². The molecular formula is C29H51BN2O2. The molecule has 2 N–H and O–H groups in total. The van der Waals surface area contributed by atoms with E-state index >= 15 is 0 Å². The zero-order valence-corrected chi connectivity index (χ0v) is 23.5. The summed E-state index contributed by atoms with van der Waals surface area (Å²) in [6, 6.07) is 0.638. The third kappa shape index (κ3) is 2.67. The van der Waals surface area contributed by atoms with Crippen molar-refractivity contribution in [3.05, 3.63) is 0 Å². The number of rotatable bonds is 5. The average molecular weight is 471 g/mol. The summed E-state index contributed by atoms with van der Waals surface area (Å²) in [7, 11) is 0.741. The summed E-state index contributed by atoms with van der Waals surface area (Å²) in [6.45, 7) is 21.7. The molecule has 0 aromatic rings. The van der Waals surface area contributed by atoms with Crippen molar-refractivity contribution in [2.24, 2.45) is 40.4 Å². The van der Waals surface area contributed by atoms with E-state index in [2.05, 4.69) is 44.8 Å². The van der Waals surface area contributed by atoms with Gasteiger partial charge < -0.3 is 15.1 Å². The maximum absolute atomic E-state index is 10.7. The maximum atomic E-state index is 10.7. The molecule has 0 amide bonds. The topological polar surface area (TPSA) is 44.7 Å². The van der Waals surface area contributed by atoms with Crippen LogP contribution in [0.4, 0.5) is 0 Å². The molecule has 4 aliphatic carbocycles. The van der Waals surface area contributed by atoms with Gasteiger partial charge in [0.1, 0.15) is 0 Å². The number of nitrogens with one attached hydrogen (secondary N) is 1. The number of hydrogen-bond donors (Lipinski definition) is 2. The highest BCUT2D eigenvalue weighted by Gasteiger charge is 2.99. The molecule has 11 atom stereocenters. The van der Waals surface area contributed by atoms with Gasteiger partial charge in [-0.2, -0.15) is 0 Å². The molecule has 6 fully saturated rings. The van der Waals surface area contributed by atoms with Crippen molar-refractivity contribution in [2.45, 2.75) is 135 Å². The Bertz CT molecular complexity index is 873. The van der Waals surface area contributed by atoms with E-state index in [0.717, 1.165) is 31.2 Å². The highest BCUT2D eigenvalue weighted by molar-refractivity contribution is 6.32. The lowest BCUT2D eigenvalue weighted by atomic mass is 9.53. The van der Waals surface area contributed by atoms with Crippen LogP contribution in [0.3, 0.4) is 0 Å². The van der Waals surface area contributed by atoms with E-state index in [1.54, 1.807) is 0 Å². The highest BCUT2D eigenvalue weighted by Crippen LogP contribution is 2.96. The van der Waals surface area contributed by atoms with Gasteiger partial charge in [0.25, 0.3) is 7.48 Å². The zero-order valence-electron chi connectivity index (χ0n) is 23.5. The Morgan fingerprint density at radius 2 is 1.68 bits per heavy atom. The normalized spacial score (nSPS) is 56.4. The lowest BCUT2D eigenvalue weighted by Crippen LogP contribution is -2.64. The van der Waals surface area contributed by atoms with Gasteiger partial charge in [-0.25, -0.2) is 0 Å². The van der Waals surface area contributed by atoms with E-state index in [9.17, 15) is 5.11 Å². The summed E-state index contributed by atoms with van der Waals surface area (Å²) in [4.78, 5) is 3.15. The number of aliphatic hydroxyl groups is 1. The molecule has 4 nitrogen and oxygen atoms in total. The second-order valence-corrected chi connectivity index (χ2v) is 15.9. The molecule has 2 aliphatic heterocycles. The van der Waals surface area contributed by atoms with E-state index < -0.39 is 11.2 Å². The molecule has 2 saturated heterocycles. The quantitative estimate of drug-likeness (QED) is 0.558. The number of nitrogens with zero attached hydrogens (tertiary/aromatic N) is 1. The van der Waals surface area contributed by atoms with Crippen LogP contribution in [0.25, 0.3) is 0 Å². The van der Waals surface area contributed by atoms with Crippen LogP contribution < -0.4 is 5.32 Å². The molecular weight excluding hydrogens is 419 g/mol. The first-order valence-electron chi connectivity index (χ1n) is 14.5. The third-order valence-corrected chi connectivity index (χ3v) is 12.8. The van der Waals surface area contributed by atoms with Gasteiger partial charge in [0, 0.05) is 22.4 Å². The second kappa shape index (κ2) is 6.85. The first kappa shape index (κ1) is 24.3. The van der Waals surface area contributed by atoms with Crippen molar-refractivity contribution in [1.29, 1.82) is 0 Å². The molecule has 5 heteroatoms. The Hall–Kier alpha value is -0.0951. The number of likely N-dealkylation sites (tertiary alicyclic amines) is 1. The predicted molar refractivity (Wildman–Crippen MR) is 140 cm³/mol. The van der Waals surface area contributed by atoms with Crippen molar-refractivity contribution in [1.82, 2.24) is 10.2 Å². The van der Waals surface area contributed by atoms with Crippen molar-refractivity contribution in [2.75, 3.05) is 6.54 Å². The number of hydrogen-bond acceptors (Lipinski definition) is 4. The van der Waals surface area contributed by atoms with E-state index in [1.807, 2.05) is 27.7 Å². The van der Waals surface area contributed by atoms with Gasteiger partial charge in [0.05, 0.1) is 17.4 Å². The molecule has 10 unspecified atom stereocenters. The van der Waals surface area contributed by atoms with Gasteiger partial charge in [-0.05, 0) is 108 Å². The van der Waals surface area contributed by atoms with Gasteiger partial charge in [-0.3, -0.25) is 4.90 Å². The van der Waals surface area contributed by atoms with Crippen LogP contribution in [-0.4, -0.2) is 53.0 Å². The van der Waals surface area contributed by atoms with Crippen molar-refractivity contribution in [3.63, 3.8) is 0 Å². The minimum atomic E-state index is -0.852. The summed E-state index contributed by atoms with van der Waals surface area (Å²) < 4.78 is 6.52. The molecule has 6 aliphatic rings. The van der Waals surface area contributed by atoms with Crippen LogP contribution in [-0.2, 0) is 4.65 Å². The fraction of sp³-hybridized carbons (Fsp3) is 1.00. The molecule has 0 radical (unpaired) electrons. The standard InChI is InChI=1S/C29H51BN2O2/c1-17-10-21(15-26(8,12-17)30-34-25(6,7)24(4,5)33)32-23-27(9,13-18(2)16-31-23)28-14-20-11-19(3)29(28,32)22(20)28/h17-23,30-31,33H,10-16H2,1-9H3/t17?,18?,19?,20?,21?,22?,23?,26?,27?,28?,29-/m1/s1. The highest BCUT2D eigenvalue weighted by atomic mass is 16.5. The lowest BCUT2D eigenvalue weighted by Gasteiger charge is -2.56. The van der Waals surface area contributed by atoms with Crippen molar-refractivity contribution >= 4 is 7.48 Å². The summed E-state index contributed by atoms with van der Waals surface area (Å²) in [5, 5.41) is 15.0. The molecule has 0 bridgehead atoms. The zero-order chi connectivity index (χ0) is 24.7. The fourth-order valence-corrected chi connectivity index (χ4v) is 11.3. The number of fused-ring (bicyclic) bond motifs is 1. The van der Waals surface area contributed by atoms with Crippen molar-refractivity contribution < 1.29 is 9.76 Å². The molecule has 2 heterocycles. The maximum Gasteiger partial charge on any atom is 0.281 e. The molecule has 2 spiro atoms. The lowest BCUT2D eigenvalue weighted by molar-refractivity contribution is -0.0941. The SMILES string of the molecule is CC1CC(N2C3NCC(C)CC3(C)C34CC5CC(C)[C@]23C54)CC(C)(BOC(C)(C)C(C)(C)O)C1. The number of piperidine rings is 2. The van der Waals surface area contributed by atoms with E-state index in [1.165, 1.54) is 45.1 Å². The van der Waals surface area contributed by atoms with Crippen molar-refractivity contribution in [3.8, 4) is 0 Å². The molecule has 0 aromatic heterocycles. The fourth-order valence-electron chi connectivity index (χ4n) is 11.3. The molecule has 0 aromatic carbocycles. The summed E-state index contributed by atoms with van der Waals surface area (Å²) in [5.74, 6) is 4.30. The smallest absolute Gasteiger partial charge is 0.281 e. The van der Waals surface area contributed by atoms with Gasteiger partial charge in [0.15, 0.2) is 0 Å². The minimum Gasteiger partial charge on any atom is -0.431 e. The van der Waals surface area contributed by atoms with Crippen LogP contribution in [0.15, 0.2) is 0 Å². The Kier molecular flexibility index (Phi) is 4.89. The molecule has 4 saturated carbocycles. The first-order chi connectivity index (χ1) is 15.6. The van der Waals surface area contributed by atoms with E-state index in [-0.39, 0.29) is 5.31 Å². The van der Waals surface area contributed by atoms with Crippen LogP contribution in [0.1, 0.15) is 101 Å². The molecule has 192 valence electrons. The Morgan fingerprint density at radius 1 is 0.971 bits per heavy atom. The Balaban J connectivity index is 1.31. The minimum absolute atomic E-state index is 0.158. The average Bonchev–Trinajstić information content (AvgIpc) is 2.97. The van der Waals surface area contributed by atoms with Gasteiger partial charge >= 0.3 is 0 Å². The van der Waals surface area contributed by atoms with Crippen LogP contribution >= 0.6 is 0 Å². The summed E-state index contributed by atoms with van der Waals surface area (Å²) in [6.07, 6.45) is 8.70. The van der Waals surface area contributed by atoms with Crippen LogP contribution in [0.5, 0.6) is 0 Å². The third-order valence-electron chi connectivity index (χ3n) is 12.8. The van der Waals surface area contributed by atoms with Gasteiger partial charge in [-0.1, -0.05) is 34.6 Å². The monoisotopic (exact) mass is 470 g/mol. The van der Waals surface area contributed by atoms with Gasteiger partial charge in [0.2, 0.25) is 0 Å². The van der Waals surface area contributed by atoms with Crippen LogP contribution in [0.2, 0.25) is 5.31 Å². The Morgan fingerprint density at radius 3 is 2.35 bits per heavy atom. The second-order valence-electron chi connectivity index (χ2n) is 15.9.